The Labute approximate surface area is 209 Å². The molecule has 0 bridgehead atoms. The van der Waals surface area contributed by atoms with Crippen molar-refractivity contribution in [2.45, 2.75) is 42.9 Å². The second-order valence-corrected chi connectivity index (χ2v) is 8.20. The van der Waals surface area contributed by atoms with Gasteiger partial charge in [-0.2, -0.15) is 0 Å². The molecule has 1 fully saturated rings. The number of methoxy groups -OCH3 is 1. The van der Waals surface area contributed by atoms with Crippen LogP contribution >= 0.6 is 0 Å². The molecule has 0 aromatic heterocycles. The number of aliphatic hydroxyl groups excluding tert-OH is 6. The molecule has 2 aromatic carbocycles. The molecule has 1 aliphatic rings. The summed E-state index contributed by atoms with van der Waals surface area (Å²) in [6, 6.07) is 5.69. The van der Waals surface area contributed by atoms with Crippen LogP contribution in [-0.2, 0) is 9.47 Å². The third-order valence-corrected chi connectivity index (χ3v) is 5.68. The fourth-order valence-corrected chi connectivity index (χ4v) is 3.53. The summed E-state index contributed by atoms with van der Waals surface area (Å²) in [7, 11) is 1.30. The van der Waals surface area contributed by atoms with Crippen molar-refractivity contribution in [3.63, 3.8) is 0 Å². The van der Waals surface area contributed by atoms with Crippen LogP contribution in [0.2, 0.25) is 0 Å². The standard InChI is InChI=1S/C23H28O14/c1-34-14-3-2-9(17(28)13(27)7-24)6-15(14)36-23-21(32)20(31)19(30)16(37-23)8-35-22(33)10-4-11(25)18(29)12(26)5-10/h2-6,13,16-17,19-21,23-32H,7-8H2,1H3/t13-,16-,17-,19-,20+,21-,23-/m1/s1. The number of aromatic hydroxyl groups is 3. The van der Waals surface area contributed by atoms with Crippen molar-refractivity contribution in [2.24, 2.45) is 0 Å². The number of phenolic OH excluding ortho intramolecular Hbond substituents is 3. The minimum Gasteiger partial charge on any atom is -0.504 e. The summed E-state index contributed by atoms with van der Waals surface area (Å²) < 4.78 is 21.3. The Kier molecular flexibility index (Phi) is 8.98. The SMILES string of the molecule is COc1ccc([C@@H](O)[C@H](O)CO)cc1O[C@@H]1O[C@H](COC(=O)c2cc(O)c(O)c(O)c2)[C@@H](O)[C@H](O)[C@H]1O. The Morgan fingerprint density at radius 3 is 2.22 bits per heavy atom. The van der Waals surface area contributed by atoms with Crippen molar-refractivity contribution in [3.8, 4) is 28.7 Å². The van der Waals surface area contributed by atoms with Gasteiger partial charge in [-0.05, 0) is 29.8 Å². The van der Waals surface area contributed by atoms with Crippen LogP contribution in [0.4, 0.5) is 0 Å². The maximum absolute atomic E-state index is 12.3. The lowest BCUT2D eigenvalue weighted by Gasteiger charge is -2.40. The third kappa shape index (κ3) is 6.14. The van der Waals surface area contributed by atoms with Crippen LogP contribution in [0.3, 0.4) is 0 Å². The summed E-state index contributed by atoms with van der Waals surface area (Å²) in [6.07, 6.45) is -11.3. The molecule has 204 valence electrons. The number of hydrogen-bond acceptors (Lipinski definition) is 14. The number of benzene rings is 2. The summed E-state index contributed by atoms with van der Waals surface area (Å²) in [5.74, 6) is -3.45. The van der Waals surface area contributed by atoms with E-state index in [9.17, 15) is 45.6 Å². The zero-order valence-corrected chi connectivity index (χ0v) is 19.4. The van der Waals surface area contributed by atoms with Gasteiger partial charge in [-0.15, -0.1) is 0 Å². The smallest absolute Gasteiger partial charge is 0.338 e. The Morgan fingerprint density at radius 1 is 0.973 bits per heavy atom. The van der Waals surface area contributed by atoms with Gasteiger partial charge < -0.3 is 64.9 Å². The van der Waals surface area contributed by atoms with Gasteiger partial charge in [0.25, 0.3) is 0 Å². The number of hydrogen-bond donors (Lipinski definition) is 9. The minimum absolute atomic E-state index is 0.0948. The van der Waals surface area contributed by atoms with Crippen LogP contribution in [0.5, 0.6) is 28.7 Å². The van der Waals surface area contributed by atoms with Crippen molar-refractivity contribution in [1.29, 1.82) is 0 Å². The quantitative estimate of drug-likeness (QED) is 0.130. The molecule has 1 heterocycles. The topological polar surface area (TPSA) is 236 Å². The largest absolute Gasteiger partial charge is 0.504 e. The number of carbonyl (C=O) groups is 1. The molecule has 3 rings (SSSR count). The highest BCUT2D eigenvalue weighted by Crippen LogP contribution is 2.36. The number of phenols is 3. The van der Waals surface area contributed by atoms with Gasteiger partial charge in [-0.25, -0.2) is 4.79 Å². The molecule has 0 unspecified atom stereocenters. The summed E-state index contributed by atoms with van der Waals surface area (Å²) in [5, 5.41) is 88.4. The maximum atomic E-state index is 12.3. The van der Waals surface area contributed by atoms with E-state index in [0.29, 0.717) is 0 Å². The zero-order valence-electron chi connectivity index (χ0n) is 19.4. The first-order chi connectivity index (χ1) is 17.5. The molecule has 1 aliphatic heterocycles. The van der Waals surface area contributed by atoms with E-state index in [-0.39, 0.29) is 22.6 Å². The average Bonchev–Trinajstić information content (AvgIpc) is 2.89. The number of ether oxygens (including phenoxy) is 4. The second kappa shape index (κ2) is 11.8. The fourth-order valence-electron chi connectivity index (χ4n) is 3.53. The summed E-state index contributed by atoms with van der Waals surface area (Å²) in [6.45, 7) is -1.38. The van der Waals surface area contributed by atoms with Crippen LogP contribution in [0.15, 0.2) is 30.3 Å². The normalized spacial score (nSPS) is 25.2. The van der Waals surface area contributed by atoms with Crippen LogP contribution in [-0.4, -0.2) is 109 Å². The Hall–Kier alpha value is -3.37. The monoisotopic (exact) mass is 528 g/mol. The number of aliphatic hydroxyl groups is 6. The van der Waals surface area contributed by atoms with Gasteiger partial charge in [0.2, 0.25) is 6.29 Å². The van der Waals surface area contributed by atoms with E-state index in [2.05, 4.69) is 0 Å². The molecule has 37 heavy (non-hydrogen) atoms. The van der Waals surface area contributed by atoms with E-state index in [1.807, 2.05) is 0 Å². The average molecular weight is 528 g/mol. The van der Waals surface area contributed by atoms with Gasteiger partial charge in [0.1, 0.15) is 43.2 Å². The highest BCUT2D eigenvalue weighted by molar-refractivity contribution is 5.91. The lowest BCUT2D eigenvalue weighted by molar-refractivity contribution is -0.277. The summed E-state index contributed by atoms with van der Waals surface area (Å²) in [5.41, 5.74) is -0.217. The number of carbonyl (C=O) groups excluding carboxylic acids is 1. The van der Waals surface area contributed by atoms with Gasteiger partial charge in [0.15, 0.2) is 28.7 Å². The van der Waals surface area contributed by atoms with Crippen LogP contribution < -0.4 is 9.47 Å². The van der Waals surface area contributed by atoms with Crippen LogP contribution in [0, 0.1) is 0 Å². The van der Waals surface area contributed by atoms with E-state index in [1.165, 1.54) is 25.3 Å². The van der Waals surface area contributed by atoms with Crippen molar-refractivity contribution in [2.75, 3.05) is 20.3 Å². The lowest BCUT2D eigenvalue weighted by Crippen LogP contribution is -2.60. The Bertz CT molecular complexity index is 1070. The maximum Gasteiger partial charge on any atom is 0.338 e. The van der Waals surface area contributed by atoms with Crippen molar-refractivity contribution in [1.82, 2.24) is 0 Å². The highest BCUT2D eigenvalue weighted by Gasteiger charge is 2.46. The third-order valence-electron chi connectivity index (χ3n) is 5.68. The minimum atomic E-state index is -1.81. The van der Waals surface area contributed by atoms with Crippen molar-refractivity contribution < 1.29 is 69.7 Å². The van der Waals surface area contributed by atoms with Crippen LogP contribution in [0.25, 0.3) is 0 Å². The summed E-state index contributed by atoms with van der Waals surface area (Å²) in [4.78, 5) is 12.3. The van der Waals surface area contributed by atoms with Crippen molar-refractivity contribution in [3.05, 3.63) is 41.5 Å². The first-order valence-electron chi connectivity index (χ1n) is 10.9. The van der Waals surface area contributed by atoms with Gasteiger partial charge in [0, 0.05) is 0 Å². The van der Waals surface area contributed by atoms with Gasteiger partial charge in [0.05, 0.1) is 19.3 Å². The predicted octanol–water partition coefficient (Wildman–Crippen LogP) is -1.76. The van der Waals surface area contributed by atoms with Gasteiger partial charge in [-0.1, -0.05) is 6.07 Å². The lowest BCUT2D eigenvalue weighted by atomic mass is 9.99. The molecule has 0 radical (unpaired) electrons. The molecular formula is C23H28O14. The molecule has 0 spiro atoms. The highest BCUT2D eigenvalue weighted by atomic mass is 16.7. The van der Waals surface area contributed by atoms with E-state index >= 15 is 0 Å². The molecule has 9 N–H and O–H groups in total. The van der Waals surface area contributed by atoms with Crippen LogP contribution in [0.1, 0.15) is 22.0 Å². The molecule has 1 saturated heterocycles. The predicted molar refractivity (Wildman–Crippen MR) is 120 cm³/mol. The summed E-state index contributed by atoms with van der Waals surface area (Å²) >= 11 is 0. The molecule has 0 saturated carbocycles. The van der Waals surface area contributed by atoms with E-state index in [4.69, 9.17) is 24.1 Å². The fraction of sp³-hybridized carbons (Fsp3) is 0.435. The molecule has 2 aromatic rings. The molecule has 0 amide bonds. The second-order valence-electron chi connectivity index (χ2n) is 8.20. The Morgan fingerprint density at radius 2 is 1.62 bits per heavy atom. The number of esters is 1. The molecule has 0 aliphatic carbocycles. The van der Waals surface area contributed by atoms with E-state index in [0.717, 1.165) is 12.1 Å². The first-order valence-corrected chi connectivity index (χ1v) is 10.9. The van der Waals surface area contributed by atoms with Crippen molar-refractivity contribution >= 4 is 5.97 Å². The Balaban J connectivity index is 1.76. The molecular weight excluding hydrogens is 500 g/mol. The van der Waals surface area contributed by atoms with E-state index in [1.54, 1.807) is 0 Å². The van der Waals surface area contributed by atoms with Gasteiger partial charge in [-0.3, -0.25) is 0 Å². The molecule has 14 heteroatoms. The first kappa shape index (κ1) is 28.2. The number of rotatable bonds is 9. The zero-order chi connectivity index (χ0) is 27.4. The van der Waals surface area contributed by atoms with Gasteiger partial charge >= 0.3 is 5.97 Å². The molecule has 14 nitrogen and oxygen atoms in total. The molecule has 7 atom stereocenters. The van der Waals surface area contributed by atoms with E-state index < -0.39 is 79.3 Å².